The van der Waals surface area contributed by atoms with Gasteiger partial charge in [0.05, 0.1) is 5.41 Å². The van der Waals surface area contributed by atoms with E-state index in [1.807, 2.05) is 0 Å². The van der Waals surface area contributed by atoms with Crippen molar-refractivity contribution in [3.63, 3.8) is 0 Å². The summed E-state index contributed by atoms with van der Waals surface area (Å²) < 4.78 is 0. The van der Waals surface area contributed by atoms with Crippen LogP contribution < -0.4 is 0 Å². The Morgan fingerprint density at radius 1 is 0.351 bits per heavy atom. The van der Waals surface area contributed by atoms with Crippen molar-refractivity contribution in [2.45, 2.75) is 30.6 Å². The highest BCUT2D eigenvalue weighted by Gasteiger charge is 2.46. The van der Waals surface area contributed by atoms with Crippen molar-refractivity contribution in [2.75, 3.05) is 0 Å². The number of fused-ring (bicyclic) bond motifs is 7. The quantitative estimate of drug-likeness (QED) is 0.150. The van der Waals surface area contributed by atoms with E-state index in [1.165, 1.54) is 94.2 Å². The Hall–Kier alpha value is -6.76. The lowest BCUT2D eigenvalue weighted by Gasteiger charge is -2.34. The lowest BCUT2D eigenvalue weighted by atomic mass is 9.67. The molecule has 1 unspecified atom stereocenters. The van der Waals surface area contributed by atoms with E-state index in [2.05, 4.69) is 226 Å². The van der Waals surface area contributed by atoms with Crippen LogP contribution >= 0.6 is 0 Å². The zero-order chi connectivity index (χ0) is 38.1. The van der Waals surface area contributed by atoms with Gasteiger partial charge in [-0.2, -0.15) is 0 Å². The van der Waals surface area contributed by atoms with E-state index >= 15 is 0 Å². The first kappa shape index (κ1) is 33.6. The summed E-state index contributed by atoms with van der Waals surface area (Å²) in [6.45, 7) is 4.75. The van der Waals surface area contributed by atoms with Gasteiger partial charge in [-0.25, -0.2) is 0 Å². The Labute approximate surface area is 335 Å². The monoisotopic (exact) mass is 726 g/mol. The molecule has 11 rings (SSSR count). The summed E-state index contributed by atoms with van der Waals surface area (Å²) in [5.41, 5.74) is 19.4. The van der Waals surface area contributed by atoms with Crippen LogP contribution in [0.3, 0.4) is 0 Å². The SMILES string of the molecule is CC1(C)c2ccccc2-c2c1cc1ccccc1c2-c1ccc(C(c2ccccc2)c2ccc(C3(c4ccccc4)c4ccccc4-c4ccccc43)cc2)cc1. The third kappa shape index (κ3) is 4.93. The third-order valence-electron chi connectivity index (χ3n) is 13.1. The number of benzene rings is 9. The second-order valence-electron chi connectivity index (χ2n) is 16.4. The van der Waals surface area contributed by atoms with Gasteiger partial charge in [-0.05, 0) is 100 Å². The molecule has 0 heteroatoms. The lowest BCUT2D eigenvalue weighted by molar-refractivity contribution is 0.661. The highest BCUT2D eigenvalue weighted by molar-refractivity contribution is 6.08. The van der Waals surface area contributed by atoms with Gasteiger partial charge >= 0.3 is 0 Å². The van der Waals surface area contributed by atoms with Crippen LogP contribution in [0.5, 0.6) is 0 Å². The Kier molecular flexibility index (Phi) is 7.60. The molecule has 0 N–H and O–H groups in total. The van der Waals surface area contributed by atoms with Gasteiger partial charge in [-0.15, -0.1) is 0 Å². The first-order valence-electron chi connectivity index (χ1n) is 20.2. The van der Waals surface area contributed by atoms with Crippen LogP contribution in [0, 0.1) is 0 Å². The van der Waals surface area contributed by atoms with E-state index in [9.17, 15) is 0 Å². The van der Waals surface area contributed by atoms with Crippen LogP contribution in [0.25, 0.3) is 44.2 Å². The number of hydrogen-bond acceptors (Lipinski definition) is 0. The average molecular weight is 727 g/mol. The van der Waals surface area contributed by atoms with Gasteiger partial charge in [0, 0.05) is 11.3 Å². The van der Waals surface area contributed by atoms with E-state index < -0.39 is 5.41 Å². The molecule has 0 fully saturated rings. The summed E-state index contributed by atoms with van der Waals surface area (Å²) in [5, 5.41) is 2.59. The molecule has 0 spiro atoms. The molecular weight excluding hydrogens is 685 g/mol. The van der Waals surface area contributed by atoms with Crippen molar-refractivity contribution >= 4 is 10.8 Å². The average Bonchev–Trinajstić information content (AvgIpc) is 3.70. The Bertz CT molecular complexity index is 2900. The Morgan fingerprint density at radius 3 is 1.47 bits per heavy atom. The summed E-state index contributed by atoms with van der Waals surface area (Å²) in [4.78, 5) is 0. The van der Waals surface area contributed by atoms with Crippen LogP contribution in [0.15, 0.2) is 212 Å². The minimum atomic E-state index is -0.414. The van der Waals surface area contributed by atoms with Crippen molar-refractivity contribution in [3.05, 3.63) is 262 Å². The van der Waals surface area contributed by atoms with Gasteiger partial charge in [0.1, 0.15) is 0 Å². The first-order chi connectivity index (χ1) is 28.0. The van der Waals surface area contributed by atoms with Gasteiger partial charge < -0.3 is 0 Å². The zero-order valence-electron chi connectivity index (χ0n) is 32.3. The Morgan fingerprint density at radius 2 is 0.825 bits per heavy atom. The van der Waals surface area contributed by atoms with Crippen LogP contribution in [0.4, 0.5) is 0 Å². The fraction of sp³-hybridized carbons (Fsp3) is 0.0877. The molecule has 2 aliphatic rings. The summed E-state index contributed by atoms with van der Waals surface area (Å²) in [6, 6.07) is 79.4. The van der Waals surface area contributed by atoms with Gasteiger partial charge in [0.2, 0.25) is 0 Å². The van der Waals surface area contributed by atoms with Gasteiger partial charge in [-0.3, -0.25) is 0 Å². The molecule has 270 valence electrons. The number of hydrogen-bond donors (Lipinski definition) is 0. The van der Waals surface area contributed by atoms with E-state index in [4.69, 9.17) is 0 Å². The summed E-state index contributed by atoms with van der Waals surface area (Å²) in [5.74, 6) is 0.0722. The minimum absolute atomic E-state index is 0.0722. The molecule has 0 bridgehead atoms. The standard InChI is InChI=1S/C57H42/c1-56(2)49-26-14-13-25-48(49)55-52(56)37-42-19-9-10-22-45(42)54(55)41-31-29-39(30-32-41)53(38-17-5-3-6-18-38)40-33-35-44(36-34-40)57(43-20-7-4-8-21-43)50-27-15-11-23-46(50)47-24-12-16-28-51(47)57/h3-37,53H,1-2H3. The van der Waals surface area contributed by atoms with Gasteiger partial charge in [-0.1, -0.05) is 220 Å². The van der Waals surface area contributed by atoms with Crippen molar-refractivity contribution in [2.24, 2.45) is 0 Å². The smallest absolute Gasteiger partial charge is 0.0622 e. The van der Waals surface area contributed by atoms with E-state index in [0.29, 0.717) is 0 Å². The molecule has 9 aromatic carbocycles. The fourth-order valence-corrected chi connectivity index (χ4v) is 10.5. The van der Waals surface area contributed by atoms with Crippen LogP contribution in [-0.2, 0) is 10.8 Å². The molecule has 0 aromatic heterocycles. The third-order valence-corrected chi connectivity index (χ3v) is 13.1. The summed E-state index contributed by atoms with van der Waals surface area (Å²) >= 11 is 0. The molecule has 0 aliphatic heterocycles. The molecule has 57 heavy (non-hydrogen) atoms. The first-order valence-corrected chi connectivity index (χ1v) is 20.2. The van der Waals surface area contributed by atoms with Crippen LogP contribution in [0.2, 0.25) is 0 Å². The van der Waals surface area contributed by atoms with Crippen LogP contribution in [0.1, 0.15) is 69.8 Å². The molecule has 0 saturated carbocycles. The van der Waals surface area contributed by atoms with Gasteiger partial charge in [0.25, 0.3) is 0 Å². The molecule has 2 aliphatic carbocycles. The maximum Gasteiger partial charge on any atom is 0.0713 e. The summed E-state index contributed by atoms with van der Waals surface area (Å²) in [6.07, 6.45) is 0. The van der Waals surface area contributed by atoms with Crippen molar-refractivity contribution < 1.29 is 0 Å². The van der Waals surface area contributed by atoms with Crippen LogP contribution in [-0.4, -0.2) is 0 Å². The second-order valence-corrected chi connectivity index (χ2v) is 16.4. The predicted octanol–water partition coefficient (Wildman–Crippen LogP) is 14.4. The predicted molar refractivity (Wildman–Crippen MR) is 238 cm³/mol. The molecule has 0 radical (unpaired) electrons. The van der Waals surface area contributed by atoms with Crippen molar-refractivity contribution in [1.29, 1.82) is 0 Å². The zero-order valence-corrected chi connectivity index (χ0v) is 32.3. The normalized spacial score (nSPS) is 14.7. The highest BCUT2D eigenvalue weighted by atomic mass is 14.5. The molecule has 1 atom stereocenters. The second kappa shape index (κ2) is 12.9. The fourth-order valence-electron chi connectivity index (χ4n) is 10.5. The van der Waals surface area contributed by atoms with Gasteiger partial charge in [0.15, 0.2) is 0 Å². The number of rotatable bonds is 6. The van der Waals surface area contributed by atoms with E-state index in [1.54, 1.807) is 0 Å². The molecule has 0 saturated heterocycles. The summed E-state index contributed by atoms with van der Waals surface area (Å²) in [7, 11) is 0. The molecule has 9 aromatic rings. The largest absolute Gasteiger partial charge is 0.0713 e. The van der Waals surface area contributed by atoms with E-state index in [-0.39, 0.29) is 11.3 Å². The molecular formula is C57H42. The molecule has 0 heterocycles. The maximum absolute atomic E-state index is 2.43. The van der Waals surface area contributed by atoms with E-state index in [0.717, 1.165) is 0 Å². The molecule has 0 nitrogen and oxygen atoms in total. The van der Waals surface area contributed by atoms with Crippen molar-refractivity contribution in [3.8, 4) is 33.4 Å². The Balaban J connectivity index is 1.06. The maximum atomic E-state index is 2.43. The molecule has 0 amide bonds. The highest BCUT2D eigenvalue weighted by Crippen LogP contribution is 2.57. The van der Waals surface area contributed by atoms with Crippen molar-refractivity contribution in [1.82, 2.24) is 0 Å². The topological polar surface area (TPSA) is 0 Å². The lowest BCUT2D eigenvalue weighted by Crippen LogP contribution is -2.28. The minimum Gasteiger partial charge on any atom is -0.0622 e.